The molecule has 0 bridgehead atoms. The van der Waals surface area contributed by atoms with Crippen molar-refractivity contribution in [3.05, 3.63) is 66.0 Å². The predicted molar refractivity (Wildman–Crippen MR) is 84.5 cm³/mol. The Labute approximate surface area is 122 Å². The van der Waals surface area contributed by atoms with Crippen LogP contribution in [0.2, 0.25) is 0 Å². The quantitative estimate of drug-likeness (QED) is 0.817. The maximum atomic E-state index is 4.08. The monoisotopic (exact) mass is 268 g/mol. The van der Waals surface area contributed by atoms with E-state index >= 15 is 0 Å². The third-order valence-corrected chi connectivity index (χ3v) is 3.58. The van der Waals surface area contributed by atoms with Crippen LogP contribution >= 0.6 is 0 Å². The van der Waals surface area contributed by atoms with E-state index < -0.39 is 0 Å². The van der Waals surface area contributed by atoms with E-state index in [0.29, 0.717) is 0 Å². The molecule has 0 saturated heterocycles. The van der Waals surface area contributed by atoms with E-state index in [2.05, 4.69) is 73.1 Å². The molecule has 2 heteroatoms. The fourth-order valence-corrected chi connectivity index (χ4v) is 2.27. The van der Waals surface area contributed by atoms with Gasteiger partial charge >= 0.3 is 0 Å². The van der Waals surface area contributed by atoms with E-state index in [0.717, 1.165) is 19.5 Å². The Morgan fingerprint density at radius 3 is 2.15 bits per heavy atom. The van der Waals surface area contributed by atoms with E-state index in [9.17, 15) is 0 Å². The third kappa shape index (κ3) is 4.46. The highest BCUT2D eigenvalue weighted by Crippen LogP contribution is 2.18. The molecule has 1 aromatic heterocycles. The number of hydrogen-bond acceptors (Lipinski definition) is 2. The van der Waals surface area contributed by atoms with Crippen molar-refractivity contribution in [3.63, 3.8) is 0 Å². The summed E-state index contributed by atoms with van der Waals surface area (Å²) in [5, 5.41) is 0. The van der Waals surface area contributed by atoms with E-state index in [-0.39, 0.29) is 5.54 Å². The van der Waals surface area contributed by atoms with Crippen LogP contribution in [-0.2, 0) is 13.0 Å². The van der Waals surface area contributed by atoms with Gasteiger partial charge in [0.2, 0.25) is 0 Å². The number of pyridine rings is 1. The molecule has 0 radical (unpaired) electrons. The molecule has 0 amide bonds. The highest BCUT2D eigenvalue weighted by molar-refractivity contribution is 5.15. The van der Waals surface area contributed by atoms with Crippen molar-refractivity contribution >= 4 is 0 Å². The minimum Gasteiger partial charge on any atom is -0.294 e. The Hall–Kier alpha value is -1.67. The lowest BCUT2D eigenvalue weighted by Crippen LogP contribution is -2.42. The largest absolute Gasteiger partial charge is 0.294 e. The molecule has 0 fully saturated rings. The highest BCUT2D eigenvalue weighted by Gasteiger charge is 2.20. The zero-order valence-corrected chi connectivity index (χ0v) is 12.7. The maximum absolute atomic E-state index is 4.08. The van der Waals surface area contributed by atoms with Gasteiger partial charge in [0.15, 0.2) is 0 Å². The molecular formula is C18H24N2. The summed E-state index contributed by atoms with van der Waals surface area (Å²) in [6.07, 6.45) is 4.80. The second-order valence-corrected chi connectivity index (χ2v) is 6.18. The molecule has 0 N–H and O–H groups in total. The van der Waals surface area contributed by atoms with Crippen molar-refractivity contribution in [2.45, 2.75) is 39.3 Å². The lowest BCUT2D eigenvalue weighted by atomic mass is 10.0. The van der Waals surface area contributed by atoms with Gasteiger partial charge in [0.1, 0.15) is 0 Å². The molecule has 106 valence electrons. The Balaban J connectivity index is 2.01. The minimum absolute atomic E-state index is 0.170. The molecule has 0 spiro atoms. The number of aromatic nitrogens is 1. The summed E-state index contributed by atoms with van der Waals surface area (Å²) in [7, 11) is 0. The lowest BCUT2D eigenvalue weighted by molar-refractivity contribution is 0.129. The van der Waals surface area contributed by atoms with Gasteiger partial charge in [0.25, 0.3) is 0 Å². The predicted octanol–water partition coefficient (Wildman–Crippen LogP) is 3.92. The summed E-state index contributed by atoms with van der Waals surface area (Å²) in [5.74, 6) is 0. The standard InChI is InChI=1S/C18H24N2/c1-18(2,3)20(15-17-7-5-4-6-8-17)14-11-16-9-12-19-13-10-16/h4-10,12-13H,11,14-15H2,1-3H3. The number of nitrogens with zero attached hydrogens (tertiary/aromatic N) is 2. The summed E-state index contributed by atoms with van der Waals surface area (Å²) in [6, 6.07) is 14.9. The van der Waals surface area contributed by atoms with Crippen LogP contribution in [-0.4, -0.2) is 22.0 Å². The average Bonchev–Trinajstić information content (AvgIpc) is 2.44. The molecule has 1 heterocycles. The zero-order chi connectivity index (χ0) is 14.4. The molecule has 0 saturated carbocycles. The van der Waals surface area contributed by atoms with E-state index in [1.54, 1.807) is 0 Å². The first-order chi connectivity index (χ1) is 9.55. The molecule has 0 atom stereocenters. The van der Waals surface area contributed by atoms with Crippen molar-refractivity contribution < 1.29 is 0 Å². The van der Waals surface area contributed by atoms with Crippen molar-refractivity contribution in [1.82, 2.24) is 9.88 Å². The summed E-state index contributed by atoms with van der Waals surface area (Å²) >= 11 is 0. The summed E-state index contributed by atoms with van der Waals surface area (Å²) in [4.78, 5) is 6.61. The summed E-state index contributed by atoms with van der Waals surface area (Å²) < 4.78 is 0. The topological polar surface area (TPSA) is 16.1 Å². The fourth-order valence-electron chi connectivity index (χ4n) is 2.27. The second kappa shape index (κ2) is 6.67. The molecule has 2 rings (SSSR count). The minimum atomic E-state index is 0.170. The highest BCUT2D eigenvalue weighted by atomic mass is 15.2. The van der Waals surface area contributed by atoms with Gasteiger partial charge in [-0.05, 0) is 50.5 Å². The first-order valence-electron chi connectivity index (χ1n) is 7.23. The Morgan fingerprint density at radius 1 is 0.900 bits per heavy atom. The molecule has 20 heavy (non-hydrogen) atoms. The molecule has 2 aromatic rings. The Morgan fingerprint density at radius 2 is 1.55 bits per heavy atom. The Kier molecular flexibility index (Phi) is 4.91. The van der Waals surface area contributed by atoms with Crippen LogP contribution in [0.25, 0.3) is 0 Å². The van der Waals surface area contributed by atoms with Gasteiger partial charge in [0.05, 0.1) is 0 Å². The van der Waals surface area contributed by atoms with Gasteiger partial charge in [-0.2, -0.15) is 0 Å². The Bertz CT molecular complexity index is 500. The summed E-state index contributed by atoms with van der Waals surface area (Å²) in [5.41, 5.74) is 2.89. The lowest BCUT2D eigenvalue weighted by Gasteiger charge is -2.36. The normalized spacial score (nSPS) is 11.8. The van der Waals surface area contributed by atoms with Crippen LogP contribution in [0.3, 0.4) is 0 Å². The third-order valence-electron chi connectivity index (χ3n) is 3.58. The SMILES string of the molecule is CC(C)(C)N(CCc1ccncc1)Cc1ccccc1. The van der Waals surface area contributed by atoms with Crippen LogP contribution in [0.15, 0.2) is 54.9 Å². The van der Waals surface area contributed by atoms with Crippen molar-refractivity contribution in [2.24, 2.45) is 0 Å². The van der Waals surface area contributed by atoms with Gasteiger partial charge in [-0.25, -0.2) is 0 Å². The zero-order valence-electron chi connectivity index (χ0n) is 12.7. The molecule has 0 unspecified atom stereocenters. The molecule has 0 aliphatic heterocycles. The smallest absolute Gasteiger partial charge is 0.0270 e. The van der Waals surface area contributed by atoms with Crippen LogP contribution in [0.5, 0.6) is 0 Å². The van der Waals surface area contributed by atoms with E-state index in [1.165, 1.54) is 11.1 Å². The van der Waals surface area contributed by atoms with Gasteiger partial charge in [-0.15, -0.1) is 0 Å². The van der Waals surface area contributed by atoms with Crippen LogP contribution in [0, 0.1) is 0 Å². The van der Waals surface area contributed by atoms with Crippen molar-refractivity contribution in [3.8, 4) is 0 Å². The molecule has 2 nitrogen and oxygen atoms in total. The first-order valence-corrected chi connectivity index (χ1v) is 7.23. The fraction of sp³-hybridized carbons (Fsp3) is 0.389. The van der Waals surface area contributed by atoms with E-state index in [4.69, 9.17) is 0 Å². The van der Waals surface area contributed by atoms with Gasteiger partial charge in [-0.1, -0.05) is 30.3 Å². The second-order valence-electron chi connectivity index (χ2n) is 6.18. The van der Waals surface area contributed by atoms with Crippen LogP contribution < -0.4 is 0 Å². The first kappa shape index (κ1) is 14.7. The molecule has 0 aliphatic rings. The molecule has 0 aliphatic carbocycles. The van der Waals surface area contributed by atoms with Crippen molar-refractivity contribution in [2.75, 3.05) is 6.54 Å². The molecule has 1 aromatic carbocycles. The summed E-state index contributed by atoms with van der Waals surface area (Å²) in [6.45, 7) is 8.89. The number of hydrogen-bond donors (Lipinski definition) is 0. The number of benzene rings is 1. The van der Waals surface area contributed by atoms with Crippen molar-refractivity contribution in [1.29, 1.82) is 0 Å². The maximum Gasteiger partial charge on any atom is 0.0270 e. The van der Waals surface area contributed by atoms with Gasteiger partial charge in [0, 0.05) is 31.0 Å². The average molecular weight is 268 g/mol. The van der Waals surface area contributed by atoms with Gasteiger partial charge < -0.3 is 0 Å². The van der Waals surface area contributed by atoms with Crippen LogP contribution in [0.4, 0.5) is 0 Å². The van der Waals surface area contributed by atoms with Gasteiger partial charge in [-0.3, -0.25) is 9.88 Å². The van der Waals surface area contributed by atoms with Crippen LogP contribution in [0.1, 0.15) is 31.9 Å². The molecular weight excluding hydrogens is 244 g/mol. The number of rotatable bonds is 5. The van der Waals surface area contributed by atoms with E-state index in [1.807, 2.05) is 12.4 Å².